The quantitative estimate of drug-likeness (QED) is 0.0674. The molecule has 12 aromatic rings. The van der Waals surface area contributed by atoms with Crippen molar-refractivity contribution in [1.29, 1.82) is 0 Å². The number of fused-ring (bicyclic) bond motifs is 11. The topological polar surface area (TPSA) is 123 Å². The summed E-state index contributed by atoms with van der Waals surface area (Å²) in [5.74, 6) is -0.851. The summed E-state index contributed by atoms with van der Waals surface area (Å²) in [5.41, 5.74) is 20.2. The first kappa shape index (κ1) is 65.1. The molecule has 10 nitrogen and oxygen atoms in total. The van der Waals surface area contributed by atoms with Crippen molar-refractivity contribution in [2.45, 2.75) is 73.0 Å². The van der Waals surface area contributed by atoms with E-state index < -0.39 is 47.3 Å². The molecule has 6 heterocycles. The van der Waals surface area contributed by atoms with E-state index in [-0.39, 0.29) is 36.5 Å². The standard InChI is InChI=1S/C96H76N6O4/c103-89-83-61-95(77-57-67(49-55-79(77)99-93(95)101(83)91(105)81(97-89)59-65-25-9-1-10-26-65)43-41-63-45-51-75(52-46-63)87(73-37-21-7-22-38-73)85(69-29-13-3-14-30-69)70-31-15-4-16-32-70)96-62-84-90(104)98-82(60-66-27-11-2-12-28-66)92(106)102(84)94(96)100-80-56-50-68(58-78(80)96)44-42-64-47-53-76(54-48-64)88(74-39-23-8-24-40-74)86(71-33-17-5-18-34-71)72-35-19-6-20-36-72/h1-58,81-84,93-94,99-100H,59-62H2,(H,97,103)(H,98,104)/b43-41+,44-42+/t81-,82-,83+,84+,93+,94+,95-,96-/m1/s1. The Labute approximate surface area is 617 Å². The molecular weight excluding hydrogens is 1300 g/mol. The summed E-state index contributed by atoms with van der Waals surface area (Å²) in [6.45, 7) is 0. The molecule has 6 aliphatic rings. The second kappa shape index (κ2) is 27.4. The third kappa shape index (κ3) is 11.4. The molecule has 0 bridgehead atoms. The Kier molecular flexibility index (Phi) is 16.8. The molecule has 4 saturated heterocycles. The van der Waals surface area contributed by atoms with Gasteiger partial charge in [-0.15, -0.1) is 0 Å². The van der Waals surface area contributed by atoms with Gasteiger partial charge in [-0.05, 0) is 148 Å². The number of piperazine rings is 2. The lowest BCUT2D eigenvalue weighted by Gasteiger charge is -2.48. The summed E-state index contributed by atoms with van der Waals surface area (Å²) < 4.78 is 0. The van der Waals surface area contributed by atoms with Crippen molar-refractivity contribution in [2.24, 2.45) is 0 Å². The fraction of sp³-hybridized carbons (Fsp3) is 0.125. The van der Waals surface area contributed by atoms with Crippen LogP contribution < -0.4 is 21.3 Å². The van der Waals surface area contributed by atoms with Crippen molar-refractivity contribution in [3.63, 3.8) is 0 Å². The molecule has 0 spiro atoms. The van der Waals surface area contributed by atoms with Crippen LogP contribution in [0.1, 0.15) is 102 Å². The van der Waals surface area contributed by atoms with Crippen LogP contribution in [0.3, 0.4) is 0 Å². The van der Waals surface area contributed by atoms with Crippen LogP contribution in [-0.4, -0.2) is 69.9 Å². The summed E-state index contributed by atoms with van der Waals surface area (Å²) >= 11 is 0. The number of carbonyl (C=O) groups is 4. The molecule has 4 N–H and O–H groups in total. The average Bonchev–Trinajstić information content (AvgIpc) is 1.48. The number of hydrogen-bond acceptors (Lipinski definition) is 6. The SMILES string of the molecule is O=C1N[C@H](Cc2ccccc2)C(=O)N2[C@H]1C[C@@]1([C@@]34C[C@H]5C(=O)N[C@H](Cc6ccccc6)C(=O)N5[C@@H]3Nc3ccc(/C=C/c5ccc(C(=C(c6ccccc6)c6ccccc6)c6ccccc6)cc5)cc34)c3cc(/C=C/c4ccc(C(=C(c5ccccc5)c5ccccc5)c5ccccc5)cc4)ccc3N[C@@H]21. The second-order valence-electron chi connectivity index (χ2n) is 28.7. The van der Waals surface area contributed by atoms with Gasteiger partial charge in [0.2, 0.25) is 23.6 Å². The molecule has 0 aliphatic carbocycles. The zero-order valence-corrected chi connectivity index (χ0v) is 58.3. The highest BCUT2D eigenvalue weighted by Crippen LogP contribution is 2.69. The summed E-state index contributed by atoms with van der Waals surface area (Å²) in [7, 11) is 0. The van der Waals surface area contributed by atoms with E-state index in [9.17, 15) is 0 Å². The molecule has 0 saturated carbocycles. The van der Waals surface area contributed by atoms with Crippen molar-refractivity contribution in [1.82, 2.24) is 20.4 Å². The van der Waals surface area contributed by atoms with E-state index in [0.717, 1.165) is 123 Å². The molecule has 4 fully saturated rings. The van der Waals surface area contributed by atoms with Gasteiger partial charge in [0.1, 0.15) is 36.5 Å². The molecule has 8 atom stereocenters. The van der Waals surface area contributed by atoms with Crippen LogP contribution in [0.2, 0.25) is 0 Å². The Hall–Kier alpha value is -12.9. The van der Waals surface area contributed by atoms with Gasteiger partial charge in [-0.3, -0.25) is 19.2 Å². The van der Waals surface area contributed by atoms with Crippen molar-refractivity contribution < 1.29 is 19.2 Å². The van der Waals surface area contributed by atoms with Gasteiger partial charge in [0.15, 0.2) is 0 Å². The highest BCUT2D eigenvalue weighted by Gasteiger charge is 2.78. The summed E-state index contributed by atoms with van der Waals surface area (Å²) in [4.78, 5) is 66.0. The van der Waals surface area contributed by atoms with Gasteiger partial charge in [-0.1, -0.05) is 328 Å². The predicted octanol–water partition coefficient (Wildman–Crippen LogP) is 17.4. The maximum absolute atomic E-state index is 15.8. The van der Waals surface area contributed by atoms with E-state index in [4.69, 9.17) is 0 Å². The van der Waals surface area contributed by atoms with Crippen LogP contribution >= 0.6 is 0 Å². The minimum absolute atomic E-state index is 0.189. The first-order valence-electron chi connectivity index (χ1n) is 36.7. The lowest BCUT2D eigenvalue weighted by Crippen LogP contribution is -2.67. The van der Waals surface area contributed by atoms with Gasteiger partial charge in [-0.25, -0.2) is 0 Å². The minimum Gasteiger partial charge on any atom is -0.364 e. The molecule has 0 radical (unpaired) electrons. The maximum atomic E-state index is 15.8. The normalized spacial score (nSPS) is 21.5. The van der Waals surface area contributed by atoms with Crippen molar-refractivity contribution >= 4 is 81.6 Å². The molecular formula is C96H76N6O4. The number of hydrogen-bond donors (Lipinski definition) is 4. The van der Waals surface area contributed by atoms with Crippen molar-refractivity contribution in [3.05, 3.63) is 417 Å². The molecule has 0 unspecified atom stereocenters. The third-order valence-electron chi connectivity index (χ3n) is 22.7. The lowest BCUT2D eigenvalue weighted by atomic mass is 9.54. The van der Waals surface area contributed by atoms with Crippen LogP contribution in [0.25, 0.3) is 46.6 Å². The number of nitrogens with one attached hydrogen (secondary N) is 4. The van der Waals surface area contributed by atoms with Crippen LogP contribution in [0, 0.1) is 0 Å². The summed E-state index contributed by atoms with van der Waals surface area (Å²) in [5, 5.41) is 14.3. The molecule has 18 rings (SSSR count). The molecule has 6 aliphatic heterocycles. The number of benzene rings is 12. The Morgan fingerprint density at radius 2 is 0.557 bits per heavy atom. The smallest absolute Gasteiger partial charge is 0.247 e. The Morgan fingerprint density at radius 3 is 0.849 bits per heavy atom. The fourth-order valence-corrected chi connectivity index (χ4v) is 18.1. The molecule has 10 heteroatoms. The lowest BCUT2D eigenvalue weighted by molar-refractivity contribution is -0.149. The number of amides is 4. The third-order valence-corrected chi connectivity index (χ3v) is 22.7. The highest BCUT2D eigenvalue weighted by atomic mass is 16.2. The van der Waals surface area contributed by atoms with E-state index in [1.54, 1.807) is 0 Å². The van der Waals surface area contributed by atoms with Gasteiger partial charge in [0.05, 0.1) is 10.8 Å². The molecule has 514 valence electrons. The van der Waals surface area contributed by atoms with Gasteiger partial charge < -0.3 is 31.1 Å². The van der Waals surface area contributed by atoms with Gasteiger partial charge >= 0.3 is 0 Å². The van der Waals surface area contributed by atoms with E-state index in [0.29, 0.717) is 12.8 Å². The number of carbonyl (C=O) groups excluding carboxylic acids is 4. The van der Waals surface area contributed by atoms with E-state index >= 15 is 19.2 Å². The van der Waals surface area contributed by atoms with Crippen LogP contribution in [-0.2, 0) is 42.8 Å². The van der Waals surface area contributed by atoms with Crippen LogP contribution in [0.15, 0.2) is 328 Å². The van der Waals surface area contributed by atoms with E-state index in [1.165, 1.54) is 0 Å². The highest BCUT2D eigenvalue weighted by molar-refractivity contribution is 6.07. The first-order chi connectivity index (χ1) is 52.2. The number of anilines is 2. The monoisotopic (exact) mass is 1380 g/mol. The Morgan fingerprint density at radius 1 is 0.302 bits per heavy atom. The largest absolute Gasteiger partial charge is 0.364 e. The maximum Gasteiger partial charge on any atom is 0.247 e. The molecule has 4 amide bonds. The summed E-state index contributed by atoms with van der Waals surface area (Å²) in [6.07, 6.45) is 8.00. The van der Waals surface area contributed by atoms with Crippen LogP contribution in [0.5, 0.6) is 0 Å². The van der Waals surface area contributed by atoms with Gasteiger partial charge in [-0.2, -0.15) is 0 Å². The number of rotatable bonds is 17. The Balaban J connectivity index is 0.764. The zero-order chi connectivity index (χ0) is 71.3. The van der Waals surface area contributed by atoms with Crippen molar-refractivity contribution in [3.8, 4) is 0 Å². The minimum atomic E-state index is -1.14. The fourth-order valence-electron chi connectivity index (χ4n) is 18.1. The summed E-state index contributed by atoms with van der Waals surface area (Å²) in [6, 6.07) is 110. The van der Waals surface area contributed by atoms with Gasteiger partial charge in [0, 0.05) is 24.2 Å². The van der Waals surface area contributed by atoms with Crippen LogP contribution in [0.4, 0.5) is 11.4 Å². The zero-order valence-electron chi connectivity index (χ0n) is 58.3. The van der Waals surface area contributed by atoms with E-state index in [2.05, 4.69) is 312 Å². The van der Waals surface area contributed by atoms with Crippen molar-refractivity contribution in [2.75, 3.05) is 10.6 Å². The van der Waals surface area contributed by atoms with Gasteiger partial charge in [0.25, 0.3) is 0 Å². The molecule has 12 aromatic carbocycles. The predicted molar refractivity (Wildman–Crippen MR) is 425 cm³/mol. The Bertz CT molecular complexity index is 5040. The number of nitrogens with zero attached hydrogens (tertiary/aromatic N) is 2. The second-order valence-corrected chi connectivity index (χ2v) is 28.7. The first-order valence-corrected chi connectivity index (χ1v) is 36.7. The molecule has 106 heavy (non-hydrogen) atoms. The molecule has 0 aromatic heterocycles. The average molecular weight is 1380 g/mol. The van der Waals surface area contributed by atoms with E-state index in [1.807, 2.05) is 70.5 Å².